The van der Waals surface area contributed by atoms with E-state index in [9.17, 15) is 0 Å². The van der Waals surface area contributed by atoms with E-state index in [1.54, 1.807) is 0 Å². The predicted octanol–water partition coefficient (Wildman–Crippen LogP) is 4.35. The lowest BCUT2D eigenvalue weighted by atomic mass is 9.97. The summed E-state index contributed by atoms with van der Waals surface area (Å²) in [7, 11) is 0. The molecule has 1 fully saturated rings. The van der Waals surface area contributed by atoms with Gasteiger partial charge in [0, 0.05) is 37.5 Å². The smallest absolute Gasteiger partial charge is 0.226 e. The van der Waals surface area contributed by atoms with Gasteiger partial charge in [0.25, 0.3) is 0 Å². The van der Waals surface area contributed by atoms with Gasteiger partial charge in [-0.1, -0.05) is 24.6 Å². The van der Waals surface area contributed by atoms with Crippen molar-refractivity contribution in [3.63, 3.8) is 0 Å². The fraction of sp³-hybridized carbons (Fsp3) is 0.522. The van der Waals surface area contributed by atoms with Crippen molar-refractivity contribution in [1.82, 2.24) is 24.6 Å². The second-order valence-corrected chi connectivity index (χ2v) is 8.40. The van der Waals surface area contributed by atoms with Crippen molar-refractivity contribution in [3.8, 4) is 11.5 Å². The van der Waals surface area contributed by atoms with Crippen molar-refractivity contribution >= 4 is 0 Å². The maximum absolute atomic E-state index is 5.97. The maximum Gasteiger partial charge on any atom is 0.226 e. The summed E-state index contributed by atoms with van der Waals surface area (Å²) in [5, 5.41) is 9.14. The molecule has 4 heterocycles. The van der Waals surface area contributed by atoms with Crippen LogP contribution >= 0.6 is 0 Å². The molecule has 5 rings (SSSR count). The lowest BCUT2D eigenvalue weighted by molar-refractivity contribution is 0.191. The van der Waals surface area contributed by atoms with Crippen molar-refractivity contribution in [3.05, 3.63) is 53.4 Å². The number of fused-ring (bicyclic) bond motifs is 1. The minimum Gasteiger partial charge on any atom is -0.441 e. The van der Waals surface area contributed by atoms with Crippen LogP contribution in [0.5, 0.6) is 0 Å². The van der Waals surface area contributed by atoms with E-state index in [-0.39, 0.29) is 0 Å². The van der Waals surface area contributed by atoms with E-state index < -0.39 is 0 Å². The van der Waals surface area contributed by atoms with Gasteiger partial charge < -0.3 is 8.98 Å². The average molecular weight is 392 g/mol. The molecule has 6 heteroatoms. The third-order valence-corrected chi connectivity index (χ3v) is 6.30. The summed E-state index contributed by atoms with van der Waals surface area (Å²) in [5.74, 6) is 4.49. The number of aryl methyl sites for hydroxylation is 2. The van der Waals surface area contributed by atoms with Crippen LogP contribution in [-0.2, 0) is 19.5 Å². The van der Waals surface area contributed by atoms with Gasteiger partial charge in [0.05, 0.1) is 5.69 Å². The van der Waals surface area contributed by atoms with Gasteiger partial charge in [-0.2, -0.15) is 0 Å². The Labute approximate surface area is 172 Å². The van der Waals surface area contributed by atoms with Crippen molar-refractivity contribution in [2.45, 2.75) is 64.5 Å². The molecular weight excluding hydrogens is 362 g/mol. The van der Waals surface area contributed by atoms with E-state index in [1.165, 1.54) is 43.8 Å². The average Bonchev–Trinajstić information content (AvgIpc) is 3.24. The molecule has 0 N–H and O–H groups in total. The quantitative estimate of drug-likeness (QED) is 0.662. The predicted molar refractivity (Wildman–Crippen MR) is 112 cm³/mol. The molecule has 0 radical (unpaired) electrons. The molecule has 0 aliphatic carbocycles. The molecule has 29 heavy (non-hydrogen) atoms. The summed E-state index contributed by atoms with van der Waals surface area (Å²) in [6.45, 7) is 6.06. The molecule has 1 atom stereocenters. The molecular formula is C23H29N5O. The number of piperidine rings is 1. The number of nitrogens with zero attached hydrogens (tertiary/aromatic N) is 5. The van der Waals surface area contributed by atoms with Gasteiger partial charge in [-0.15, -0.1) is 10.2 Å². The minimum atomic E-state index is 0.462. The molecule has 152 valence electrons. The fourth-order valence-electron chi connectivity index (χ4n) is 4.71. The lowest BCUT2D eigenvalue weighted by Gasteiger charge is -2.32. The second-order valence-electron chi connectivity index (χ2n) is 8.40. The Hall–Kier alpha value is -2.47. The van der Waals surface area contributed by atoms with Gasteiger partial charge in [0.1, 0.15) is 17.4 Å². The second kappa shape index (κ2) is 8.11. The first-order valence-corrected chi connectivity index (χ1v) is 10.9. The largest absolute Gasteiger partial charge is 0.441 e. The molecule has 3 aromatic rings. The summed E-state index contributed by atoms with van der Waals surface area (Å²) in [4.78, 5) is 7.31. The SMILES string of the molecule is Cc1oc(-c2ccccc2)nc1CN1CCCC(c2nnc3n2CCCCC3)C1. The Kier molecular flexibility index (Phi) is 5.19. The number of benzene rings is 1. The van der Waals surface area contributed by atoms with Crippen LogP contribution in [0.1, 0.15) is 61.1 Å². The van der Waals surface area contributed by atoms with E-state index in [1.807, 2.05) is 37.3 Å². The molecule has 2 aromatic heterocycles. The van der Waals surface area contributed by atoms with Crippen molar-refractivity contribution in [1.29, 1.82) is 0 Å². The summed E-state index contributed by atoms with van der Waals surface area (Å²) in [6.07, 6.45) is 7.24. The highest BCUT2D eigenvalue weighted by molar-refractivity contribution is 5.53. The molecule has 1 saturated heterocycles. The monoisotopic (exact) mass is 391 g/mol. The van der Waals surface area contributed by atoms with E-state index >= 15 is 0 Å². The number of hydrogen-bond donors (Lipinski definition) is 0. The molecule has 1 unspecified atom stereocenters. The number of hydrogen-bond acceptors (Lipinski definition) is 5. The Bertz CT molecular complexity index is 961. The number of oxazole rings is 1. The first-order valence-electron chi connectivity index (χ1n) is 10.9. The maximum atomic E-state index is 5.97. The Morgan fingerprint density at radius 2 is 1.93 bits per heavy atom. The van der Waals surface area contributed by atoms with Crippen LogP contribution in [0, 0.1) is 6.92 Å². The standard InChI is InChI=1S/C23H29N5O/c1-17-20(24-23(29-17)18-9-4-2-5-10-18)16-27-13-8-11-19(15-27)22-26-25-21-12-6-3-7-14-28(21)22/h2,4-5,9-10,19H,3,6-8,11-16H2,1H3. The Morgan fingerprint density at radius 1 is 1.03 bits per heavy atom. The highest BCUT2D eigenvalue weighted by Gasteiger charge is 2.28. The summed E-state index contributed by atoms with van der Waals surface area (Å²) < 4.78 is 8.38. The first-order chi connectivity index (χ1) is 14.3. The topological polar surface area (TPSA) is 60.0 Å². The molecule has 0 saturated carbocycles. The van der Waals surface area contributed by atoms with Crippen LogP contribution in [0.2, 0.25) is 0 Å². The van der Waals surface area contributed by atoms with Crippen molar-refractivity contribution in [2.24, 2.45) is 0 Å². The first kappa shape index (κ1) is 18.6. The summed E-state index contributed by atoms with van der Waals surface area (Å²) in [5.41, 5.74) is 2.08. The molecule has 0 spiro atoms. The van der Waals surface area contributed by atoms with Crippen LogP contribution in [0.4, 0.5) is 0 Å². The third-order valence-electron chi connectivity index (χ3n) is 6.30. The molecule has 1 aromatic carbocycles. The molecule has 0 bridgehead atoms. The Morgan fingerprint density at radius 3 is 2.83 bits per heavy atom. The van der Waals surface area contributed by atoms with Crippen LogP contribution < -0.4 is 0 Å². The zero-order valence-corrected chi connectivity index (χ0v) is 17.2. The number of likely N-dealkylation sites (tertiary alicyclic amines) is 1. The van der Waals surface area contributed by atoms with Gasteiger partial charge in [-0.25, -0.2) is 4.98 Å². The van der Waals surface area contributed by atoms with Crippen LogP contribution in [0.25, 0.3) is 11.5 Å². The molecule has 2 aliphatic rings. The van der Waals surface area contributed by atoms with Crippen molar-refractivity contribution < 1.29 is 4.42 Å². The van der Waals surface area contributed by atoms with Crippen LogP contribution in [0.15, 0.2) is 34.7 Å². The van der Waals surface area contributed by atoms with Crippen molar-refractivity contribution in [2.75, 3.05) is 13.1 Å². The van der Waals surface area contributed by atoms with Gasteiger partial charge in [0.15, 0.2) is 0 Å². The molecule has 2 aliphatic heterocycles. The van der Waals surface area contributed by atoms with Gasteiger partial charge in [-0.3, -0.25) is 4.90 Å². The highest BCUT2D eigenvalue weighted by atomic mass is 16.4. The minimum absolute atomic E-state index is 0.462. The summed E-state index contributed by atoms with van der Waals surface area (Å²) >= 11 is 0. The van der Waals surface area contributed by atoms with Crippen LogP contribution in [-0.4, -0.2) is 37.7 Å². The highest BCUT2D eigenvalue weighted by Crippen LogP contribution is 2.29. The normalized spacial score (nSPS) is 20.4. The van der Waals surface area contributed by atoms with Gasteiger partial charge in [0.2, 0.25) is 5.89 Å². The Balaban J connectivity index is 1.31. The van der Waals surface area contributed by atoms with E-state index in [0.29, 0.717) is 5.92 Å². The van der Waals surface area contributed by atoms with Gasteiger partial charge >= 0.3 is 0 Å². The zero-order valence-electron chi connectivity index (χ0n) is 17.2. The zero-order chi connectivity index (χ0) is 19.6. The van der Waals surface area contributed by atoms with E-state index in [2.05, 4.69) is 19.7 Å². The molecule has 0 amide bonds. The number of rotatable bonds is 4. The van der Waals surface area contributed by atoms with Crippen LogP contribution in [0.3, 0.4) is 0 Å². The number of aromatic nitrogens is 4. The molecule has 6 nitrogen and oxygen atoms in total. The lowest BCUT2D eigenvalue weighted by Crippen LogP contribution is -2.35. The van der Waals surface area contributed by atoms with E-state index in [0.717, 1.165) is 55.5 Å². The summed E-state index contributed by atoms with van der Waals surface area (Å²) in [6, 6.07) is 10.1. The fourth-order valence-corrected chi connectivity index (χ4v) is 4.71. The van der Waals surface area contributed by atoms with E-state index in [4.69, 9.17) is 9.40 Å². The third kappa shape index (κ3) is 3.86. The van der Waals surface area contributed by atoms with Gasteiger partial charge in [-0.05, 0) is 51.3 Å².